The normalized spacial score (nSPS) is 13.8. The molecule has 3 aromatic heterocycles. The van der Waals surface area contributed by atoms with E-state index >= 15 is 0 Å². The van der Waals surface area contributed by atoms with Gasteiger partial charge in [-0.15, -0.1) is 34.0 Å². The van der Waals surface area contributed by atoms with Crippen molar-refractivity contribution in [2.24, 2.45) is 0 Å². The number of hydrogen-bond donors (Lipinski definition) is 0. The average Bonchev–Trinajstić information content (AvgIpc) is 3.33. The molecule has 0 spiro atoms. The zero-order valence-electron chi connectivity index (χ0n) is 16.0. The van der Waals surface area contributed by atoms with Gasteiger partial charge in [-0.25, -0.2) is 0 Å². The standard InChI is InChI=1S/C20H17Br2NO2S3/c1-6-10-9(4)18(22)28-14(10)16-12-11(19(24)23(5)20(12)25)15(26-16)13-7(2)8(3)17(21)27-13/h6H2,1-5H3. The molecule has 0 unspecified atom stereocenters. The fourth-order valence-electron chi connectivity index (χ4n) is 3.49. The number of imide groups is 1. The minimum absolute atomic E-state index is 0.202. The summed E-state index contributed by atoms with van der Waals surface area (Å²) in [5, 5.41) is 0. The molecule has 28 heavy (non-hydrogen) atoms. The van der Waals surface area contributed by atoms with E-state index in [4.69, 9.17) is 0 Å². The van der Waals surface area contributed by atoms with Crippen LogP contribution in [-0.4, -0.2) is 23.8 Å². The van der Waals surface area contributed by atoms with Crippen molar-refractivity contribution in [3.63, 3.8) is 0 Å². The number of amides is 2. The number of carbonyl (C=O) groups is 2. The summed E-state index contributed by atoms with van der Waals surface area (Å²) in [6.45, 7) is 8.37. The largest absolute Gasteiger partial charge is 0.277 e. The maximum atomic E-state index is 13.0. The van der Waals surface area contributed by atoms with E-state index in [1.807, 2.05) is 0 Å². The van der Waals surface area contributed by atoms with Crippen molar-refractivity contribution in [1.82, 2.24) is 4.90 Å². The number of halogens is 2. The summed E-state index contributed by atoms with van der Waals surface area (Å²) in [6.07, 6.45) is 0.881. The van der Waals surface area contributed by atoms with Gasteiger partial charge in [-0.3, -0.25) is 14.5 Å². The molecule has 0 aromatic carbocycles. The van der Waals surface area contributed by atoms with E-state index in [0.29, 0.717) is 11.1 Å². The van der Waals surface area contributed by atoms with Crippen LogP contribution in [0.3, 0.4) is 0 Å². The molecular formula is C20H17Br2NO2S3. The lowest BCUT2D eigenvalue weighted by molar-refractivity contribution is 0.0693. The van der Waals surface area contributed by atoms with Crippen LogP contribution in [0, 0.1) is 20.8 Å². The minimum atomic E-state index is -0.204. The lowest BCUT2D eigenvalue weighted by Gasteiger charge is -2.08. The van der Waals surface area contributed by atoms with E-state index in [1.54, 1.807) is 41.1 Å². The van der Waals surface area contributed by atoms with Crippen LogP contribution in [0.5, 0.6) is 0 Å². The van der Waals surface area contributed by atoms with E-state index < -0.39 is 0 Å². The number of thiophene rings is 3. The van der Waals surface area contributed by atoms with Crippen LogP contribution in [0.2, 0.25) is 0 Å². The Morgan fingerprint density at radius 3 is 1.75 bits per heavy atom. The van der Waals surface area contributed by atoms with Crippen LogP contribution in [-0.2, 0) is 6.42 Å². The smallest absolute Gasteiger partial charge is 0.262 e. The molecule has 8 heteroatoms. The van der Waals surface area contributed by atoms with Crippen LogP contribution in [0.25, 0.3) is 19.5 Å². The van der Waals surface area contributed by atoms with Crippen LogP contribution >= 0.6 is 65.9 Å². The van der Waals surface area contributed by atoms with Gasteiger partial charge in [0.15, 0.2) is 0 Å². The van der Waals surface area contributed by atoms with Crippen LogP contribution in [0.15, 0.2) is 7.57 Å². The van der Waals surface area contributed by atoms with Crippen molar-refractivity contribution in [3.05, 3.63) is 41.0 Å². The molecule has 1 aliphatic heterocycles. The third kappa shape index (κ3) is 2.75. The molecule has 0 N–H and O–H groups in total. The van der Waals surface area contributed by atoms with Gasteiger partial charge in [-0.2, -0.15) is 0 Å². The Morgan fingerprint density at radius 2 is 1.25 bits per heavy atom. The number of nitrogens with zero attached hydrogens (tertiary/aromatic N) is 1. The predicted molar refractivity (Wildman–Crippen MR) is 126 cm³/mol. The number of hydrogen-bond acceptors (Lipinski definition) is 5. The molecule has 0 bridgehead atoms. The van der Waals surface area contributed by atoms with Gasteiger partial charge in [-0.05, 0) is 81.3 Å². The summed E-state index contributed by atoms with van der Waals surface area (Å²) < 4.78 is 2.15. The first kappa shape index (κ1) is 20.5. The molecule has 0 saturated heterocycles. The molecule has 0 saturated carbocycles. The molecule has 1 aliphatic rings. The maximum absolute atomic E-state index is 13.0. The van der Waals surface area contributed by atoms with Crippen molar-refractivity contribution < 1.29 is 9.59 Å². The van der Waals surface area contributed by atoms with Crippen LogP contribution in [0.4, 0.5) is 0 Å². The highest BCUT2D eigenvalue weighted by molar-refractivity contribution is 9.11. The van der Waals surface area contributed by atoms with Crippen LogP contribution in [0.1, 0.15) is 49.9 Å². The first-order valence-corrected chi connectivity index (χ1v) is 12.8. The molecule has 146 valence electrons. The van der Waals surface area contributed by atoms with E-state index in [-0.39, 0.29) is 11.8 Å². The topological polar surface area (TPSA) is 37.4 Å². The van der Waals surface area contributed by atoms with Crippen molar-refractivity contribution in [2.75, 3.05) is 7.05 Å². The highest BCUT2D eigenvalue weighted by atomic mass is 79.9. The second-order valence-electron chi connectivity index (χ2n) is 6.80. The summed E-state index contributed by atoms with van der Waals surface area (Å²) in [5.41, 5.74) is 5.91. The third-order valence-electron chi connectivity index (χ3n) is 5.31. The highest BCUT2D eigenvalue weighted by Crippen LogP contribution is 2.53. The molecule has 0 atom stereocenters. The Labute approximate surface area is 192 Å². The van der Waals surface area contributed by atoms with E-state index in [9.17, 15) is 9.59 Å². The fourth-order valence-corrected chi connectivity index (χ4v) is 8.80. The van der Waals surface area contributed by atoms with Gasteiger partial charge < -0.3 is 0 Å². The third-order valence-corrected chi connectivity index (χ3v) is 11.3. The van der Waals surface area contributed by atoms with Gasteiger partial charge >= 0.3 is 0 Å². The monoisotopic (exact) mass is 557 g/mol. The summed E-state index contributed by atoms with van der Waals surface area (Å²) in [6, 6.07) is 0. The zero-order valence-corrected chi connectivity index (χ0v) is 21.6. The van der Waals surface area contributed by atoms with Crippen molar-refractivity contribution in [3.8, 4) is 19.5 Å². The SMILES string of the molecule is CCc1c(-c2sc(-c3sc(Br)c(C)c3C)c3c2C(=O)N(C)C3=O)sc(Br)c1C. The summed E-state index contributed by atoms with van der Waals surface area (Å²) in [4.78, 5) is 31.2. The Morgan fingerprint density at radius 1 is 0.750 bits per heavy atom. The molecule has 4 heterocycles. The summed E-state index contributed by atoms with van der Waals surface area (Å²) >= 11 is 12.1. The summed E-state index contributed by atoms with van der Waals surface area (Å²) in [7, 11) is 1.57. The second-order valence-corrected chi connectivity index (χ2v) is 12.5. The van der Waals surface area contributed by atoms with Crippen molar-refractivity contribution in [2.45, 2.75) is 34.1 Å². The van der Waals surface area contributed by atoms with E-state index in [0.717, 1.165) is 39.1 Å². The minimum Gasteiger partial charge on any atom is -0.277 e. The first-order valence-electron chi connectivity index (χ1n) is 8.72. The van der Waals surface area contributed by atoms with Crippen molar-refractivity contribution in [1.29, 1.82) is 0 Å². The molecule has 0 fully saturated rings. The lowest BCUT2D eigenvalue weighted by Crippen LogP contribution is -2.24. The van der Waals surface area contributed by atoms with Gasteiger partial charge in [0.25, 0.3) is 11.8 Å². The predicted octanol–water partition coefficient (Wildman–Crippen LogP) is 7.44. The molecule has 3 nitrogen and oxygen atoms in total. The van der Waals surface area contributed by atoms with Gasteiger partial charge in [0.1, 0.15) is 0 Å². The van der Waals surface area contributed by atoms with E-state index in [1.165, 1.54) is 21.6 Å². The Kier molecular flexibility index (Phi) is 5.24. The van der Waals surface area contributed by atoms with Gasteiger partial charge in [0, 0.05) is 16.8 Å². The average molecular weight is 559 g/mol. The number of carbonyl (C=O) groups excluding carboxylic acids is 2. The quantitative estimate of drug-likeness (QED) is 0.313. The number of rotatable bonds is 3. The molecule has 0 radical (unpaired) electrons. The van der Waals surface area contributed by atoms with Crippen molar-refractivity contribution >= 4 is 77.7 Å². The molecule has 4 rings (SSSR count). The van der Waals surface area contributed by atoms with Gasteiger partial charge in [-0.1, -0.05) is 6.92 Å². The summed E-state index contributed by atoms with van der Waals surface area (Å²) in [5.74, 6) is -0.406. The Balaban J connectivity index is 2.07. The molecule has 2 amide bonds. The number of fused-ring (bicyclic) bond motifs is 1. The molecule has 3 aromatic rings. The molecular weight excluding hydrogens is 542 g/mol. The van der Waals surface area contributed by atoms with Gasteiger partial charge in [0.05, 0.1) is 28.5 Å². The Bertz CT molecular complexity index is 1170. The highest BCUT2D eigenvalue weighted by Gasteiger charge is 2.41. The first-order chi connectivity index (χ1) is 13.2. The van der Waals surface area contributed by atoms with Gasteiger partial charge in [0.2, 0.25) is 0 Å². The zero-order chi connectivity index (χ0) is 20.5. The Hall–Kier alpha value is -0.800. The molecule has 0 aliphatic carbocycles. The van der Waals surface area contributed by atoms with Crippen LogP contribution < -0.4 is 0 Å². The second kappa shape index (κ2) is 7.16. The lowest BCUT2D eigenvalue weighted by atomic mass is 10.0. The fraction of sp³-hybridized carbons (Fsp3) is 0.300. The van der Waals surface area contributed by atoms with E-state index in [2.05, 4.69) is 59.6 Å². The maximum Gasteiger partial charge on any atom is 0.262 e.